The number of aliphatic hydroxyl groups is 1. The number of carbonyl (C=O) groups is 1. The van der Waals surface area contributed by atoms with E-state index in [-0.39, 0.29) is 36.3 Å². The summed E-state index contributed by atoms with van der Waals surface area (Å²) in [5.41, 5.74) is 4.93. The molecule has 208 valence electrons. The Morgan fingerprint density at radius 2 is 1.73 bits per heavy atom. The van der Waals surface area contributed by atoms with Crippen LogP contribution in [-0.4, -0.2) is 48.0 Å². The van der Waals surface area contributed by atoms with Gasteiger partial charge >= 0.3 is 0 Å². The maximum atomic E-state index is 12.8. The van der Waals surface area contributed by atoms with Crippen LogP contribution in [0.4, 0.5) is 5.69 Å². The highest BCUT2D eigenvalue weighted by Gasteiger charge is 2.38. The van der Waals surface area contributed by atoms with Gasteiger partial charge in [0.15, 0.2) is 11.4 Å². The van der Waals surface area contributed by atoms with Crippen molar-refractivity contribution in [1.29, 1.82) is 0 Å². The fraction of sp³-hybridized carbons (Fsp3) is 0.233. The van der Waals surface area contributed by atoms with Gasteiger partial charge in [0.2, 0.25) is 0 Å². The average Bonchev–Trinajstić information content (AvgIpc) is 3.55. The van der Waals surface area contributed by atoms with E-state index >= 15 is 0 Å². The molecule has 4 atom stereocenters. The largest absolute Gasteiger partial charge is 0.392 e. The summed E-state index contributed by atoms with van der Waals surface area (Å²) in [6.07, 6.45) is 1.97. The Kier molecular flexibility index (Phi) is 8.01. The van der Waals surface area contributed by atoms with E-state index in [0.29, 0.717) is 17.0 Å². The average molecular weight is 569 g/mol. The molecule has 1 aliphatic heterocycles. The summed E-state index contributed by atoms with van der Waals surface area (Å²) in [5.74, 6) is 0.358. The fourth-order valence-corrected chi connectivity index (χ4v) is 5.66. The highest BCUT2D eigenvalue weighted by atomic mass is 32.2. The molecule has 0 spiro atoms. The van der Waals surface area contributed by atoms with Crippen molar-refractivity contribution < 1.29 is 19.4 Å². The summed E-state index contributed by atoms with van der Waals surface area (Å²) in [4.78, 5) is 25.8. The maximum Gasteiger partial charge on any atom is 0.275 e. The van der Waals surface area contributed by atoms with Crippen molar-refractivity contribution in [1.82, 2.24) is 25.1 Å². The lowest BCUT2D eigenvalue weighted by Crippen LogP contribution is -2.38. The van der Waals surface area contributed by atoms with Gasteiger partial charge < -0.3 is 19.9 Å². The molecule has 0 saturated carbocycles. The normalized spacial score (nSPS) is 20.6. The van der Waals surface area contributed by atoms with Crippen molar-refractivity contribution in [2.75, 3.05) is 11.1 Å². The van der Waals surface area contributed by atoms with E-state index in [1.54, 1.807) is 11.8 Å². The molecule has 4 unspecified atom stereocenters. The number of nitrogens with one attached hydrogen (secondary N) is 2. The van der Waals surface area contributed by atoms with E-state index in [9.17, 15) is 9.90 Å². The number of rotatable bonds is 8. The van der Waals surface area contributed by atoms with Gasteiger partial charge in [-0.05, 0) is 35.4 Å². The zero-order valence-corrected chi connectivity index (χ0v) is 23.0. The number of aromatic nitrogens is 5. The standard InChI is InChI=1S/C30H28N6O4S/c1-18-26(16-41-30-32-17-33-36-30)39-29(40-27(18)20-8-6-19(15-37)7-9-20)21-10-12-22(13-11-21)34-28(38)25-14-31-23-4-2-3-5-24(23)35-25/h2-14,17-18,26-27,29,37H,15-16H2,1H3,(H,34,38)(H,32,33,36). The van der Waals surface area contributed by atoms with E-state index in [1.807, 2.05) is 72.8 Å². The Balaban J connectivity index is 1.19. The number of H-pyrrole nitrogens is 1. The molecule has 5 aromatic rings. The van der Waals surface area contributed by atoms with Crippen LogP contribution >= 0.6 is 11.8 Å². The molecule has 41 heavy (non-hydrogen) atoms. The number of hydrogen-bond donors (Lipinski definition) is 3. The summed E-state index contributed by atoms with van der Waals surface area (Å²) in [6.45, 7) is 2.10. The summed E-state index contributed by atoms with van der Waals surface area (Å²) < 4.78 is 13.0. The van der Waals surface area contributed by atoms with Gasteiger partial charge in [0, 0.05) is 22.9 Å². The molecule has 0 radical (unpaired) electrons. The third-order valence-electron chi connectivity index (χ3n) is 7.02. The van der Waals surface area contributed by atoms with E-state index in [0.717, 1.165) is 27.4 Å². The molecule has 0 aliphatic carbocycles. The number of aromatic amines is 1. The van der Waals surface area contributed by atoms with Crippen molar-refractivity contribution in [3.05, 3.63) is 108 Å². The molecular weight excluding hydrogens is 540 g/mol. The molecule has 3 heterocycles. The van der Waals surface area contributed by atoms with Crippen LogP contribution in [-0.2, 0) is 16.1 Å². The van der Waals surface area contributed by atoms with E-state index in [2.05, 4.69) is 37.4 Å². The number of fused-ring (bicyclic) bond motifs is 1. The van der Waals surface area contributed by atoms with Gasteiger partial charge in [-0.25, -0.2) is 9.97 Å². The number of amides is 1. The predicted octanol–water partition coefficient (Wildman–Crippen LogP) is 5.08. The summed E-state index contributed by atoms with van der Waals surface area (Å²) >= 11 is 1.54. The number of carbonyl (C=O) groups excluding carboxylic acids is 1. The zero-order valence-electron chi connectivity index (χ0n) is 22.2. The summed E-state index contributed by atoms with van der Waals surface area (Å²) in [7, 11) is 0. The molecule has 1 saturated heterocycles. The Bertz CT molecular complexity index is 1610. The highest BCUT2D eigenvalue weighted by Crippen LogP contribution is 2.43. The van der Waals surface area contributed by atoms with Crippen molar-refractivity contribution in [2.24, 2.45) is 5.92 Å². The molecule has 1 aliphatic rings. The summed E-state index contributed by atoms with van der Waals surface area (Å²) in [6, 6.07) is 22.6. The van der Waals surface area contributed by atoms with Crippen LogP contribution in [0.25, 0.3) is 11.0 Å². The number of aliphatic hydroxyl groups excluding tert-OH is 1. The second-order valence-electron chi connectivity index (χ2n) is 9.74. The first kappa shape index (κ1) is 27.0. The first-order valence-electron chi connectivity index (χ1n) is 13.2. The molecule has 3 N–H and O–H groups in total. The third kappa shape index (κ3) is 6.13. The van der Waals surface area contributed by atoms with Crippen LogP contribution in [0.5, 0.6) is 0 Å². The predicted molar refractivity (Wildman–Crippen MR) is 154 cm³/mol. The van der Waals surface area contributed by atoms with E-state index < -0.39 is 6.29 Å². The van der Waals surface area contributed by atoms with Gasteiger partial charge in [-0.1, -0.05) is 67.2 Å². The van der Waals surface area contributed by atoms with Crippen LogP contribution in [0.2, 0.25) is 0 Å². The van der Waals surface area contributed by atoms with Gasteiger partial charge in [0.05, 0.1) is 36.0 Å². The smallest absolute Gasteiger partial charge is 0.275 e. The minimum absolute atomic E-state index is 0.0140. The van der Waals surface area contributed by atoms with Crippen molar-refractivity contribution in [2.45, 2.75) is 37.2 Å². The topological polar surface area (TPSA) is 135 Å². The molecule has 2 aromatic heterocycles. The third-order valence-corrected chi connectivity index (χ3v) is 7.99. The lowest BCUT2D eigenvalue weighted by atomic mass is 9.91. The van der Waals surface area contributed by atoms with Gasteiger partial charge in [0.25, 0.3) is 5.91 Å². The van der Waals surface area contributed by atoms with E-state index in [4.69, 9.17) is 9.47 Å². The number of para-hydroxylation sites is 2. The molecular formula is C30H28N6O4S. The lowest BCUT2D eigenvalue weighted by molar-refractivity contribution is -0.268. The molecule has 0 bridgehead atoms. The highest BCUT2D eigenvalue weighted by molar-refractivity contribution is 7.99. The van der Waals surface area contributed by atoms with Crippen molar-refractivity contribution in [3.8, 4) is 0 Å². The first-order valence-corrected chi connectivity index (χ1v) is 14.2. The van der Waals surface area contributed by atoms with Crippen LogP contribution in [0.1, 0.15) is 46.5 Å². The van der Waals surface area contributed by atoms with Crippen LogP contribution in [0, 0.1) is 5.92 Å². The number of nitrogens with zero attached hydrogens (tertiary/aromatic N) is 4. The molecule has 11 heteroatoms. The number of benzene rings is 3. The van der Waals surface area contributed by atoms with E-state index in [1.165, 1.54) is 12.5 Å². The minimum Gasteiger partial charge on any atom is -0.392 e. The number of hydrogen-bond acceptors (Lipinski definition) is 9. The zero-order chi connectivity index (χ0) is 28.2. The second kappa shape index (κ2) is 12.1. The molecule has 10 nitrogen and oxygen atoms in total. The lowest BCUT2D eigenvalue weighted by Gasteiger charge is -2.41. The minimum atomic E-state index is -0.620. The first-order chi connectivity index (χ1) is 20.1. The Morgan fingerprint density at radius 3 is 2.46 bits per heavy atom. The monoisotopic (exact) mass is 568 g/mol. The molecule has 3 aromatic carbocycles. The summed E-state index contributed by atoms with van der Waals surface area (Å²) in [5, 5.41) is 19.9. The van der Waals surface area contributed by atoms with Crippen LogP contribution < -0.4 is 5.32 Å². The van der Waals surface area contributed by atoms with Gasteiger partial charge in [-0.3, -0.25) is 14.9 Å². The van der Waals surface area contributed by atoms with Crippen molar-refractivity contribution in [3.63, 3.8) is 0 Å². The number of ether oxygens (including phenoxy) is 2. The fourth-order valence-electron chi connectivity index (χ4n) is 4.72. The maximum absolute atomic E-state index is 12.8. The van der Waals surface area contributed by atoms with Crippen LogP contribution in [0.15, 0.2) is 90.5 Å². The molecule has 6 rings (SSSR count). The number of thioether (sulfide) groups is 1. The van der Waals surface area contributed by atoms with Crippen molar-refractivity contribution >= 4 is 34.4 Å². The Hall–Kier alpha value is -4.16. The molecule has 1 amide bonds. The van der Waals surface area contributed by atoms with Gasteiger partial charge in [0.1, 0.15) is 12.0 Å². The van der Waals surface area contributed by atoms with Gasteiger partial charge in [-0.2, -0.15) is 5.10 Å². The van der Waals surface area contributed by atoms with Crippen LogP contribution in [0.3, 0.4) is 0 Å². The molecule has 1 fully saturated rings. The second-order valence-corrected chi connectivity index (χ2v) is 10.8. The Morgan fingerprint density at radius 1 is 0.976 bits per heavy atom. The quantitative estimate of drug-likeness (QED) is 0.219. The SMILES string of the molecule is CC1C(CSc2ncn[nH]2)OC(c2ccc(NC(=O)c3cnc4ccccc4n3)cc2)OC1c1ccc(CO)cc1. The number of anilines is 1. The van der Waals surface area contributed by atoms with Gasteiger partial charge in [-0.15, -0.1) is 0 Å². The Labute approximate surface area is 240 Å².